The van der Waals surface area contributed by atoms with E-state index >= 15 is 0 Å². The third-order valence-corrected chi connectivity index (χ3v) is 6.83. The van der Waals surface area contributed by atoms with Crippen LogP contribution in [0.3, 0.4) is 0 Å². The van der Waals surface area contributed by atoms with Crippen LogP contribution in [-0.4, -0.2) is 37.5 Å². The second kappa shape index (κ2) is 13.3. The maximum absolute atomic E-state index is 11.6. The van der Waals surface area contributed by atoms with Crippen molar-refractivity contribution in [3.05, 3.63) is 125 Å². The molecule has 7 nitrogen and oxygen atoms in total. The molecule has 4 aromatic rings. The first-order valence-electron chi connectivity index (χ1n) is 12.8. The highest BCUT2D eigenvalue weighted by Crippen LogP contribution is 2.26. The Morgan fingerprint density at radius 1 is 0.795 bits per heavy atom. The van der Waals surface area contributed by atoms with Crippen LogP contribution < -0.4 is 14.8 Å². The number of anilines is 1. The van der Waals surface area contributed by atoms with Crippen molar-refractivity contribution in [2.75, 3.05) is 17.5 Å². The van der Waals surface area contributed by atoms with Crippen molar-refractivity contribution in [3.63, 3.8) is 0 Å². The Morgan fingerprint density at radius 2 is 1.44 bits per heavy atom. The zero-order chi connectivity index (χ0) is 27.7. The van der Waals surface area contributed by atoms with Crippen LogP contribution in [0.4, 0.5) is 5.69 Å². The van der Waals surface area contributed by atoms with Gasteiger partial charge in [0.1, 0.15) is 18.1 Å². The Morgan fingerprint density at radius 3 is 2.08 bits per heavy atom. The number of phenolic OH excluding ortho intramolecular Hbond substituents is 1. The van der Waals surface area contributed by atoms with Gasteiger partial charge in [-0.15, -0.1) is 0 Å². The van der Waals surface area contributed by atoms with Gasteiger partial charge in [-0.05, 0) is 59.4 Å². The van der Waals surface area contributed by atoms with Gasteiger partial charge in [0.2, 0.25) is 10.0 Å². The molecular formula is C31H34N2O5S. The lowest BCUT2D eigenvalue weighted by Crippen LogP contribution is -2.32. The summed E-state index contributed by atoms with van der Waals surface area (Å²) in [6, 6.07) is 32.7. The summed E-state index contributed by atoms with van der Waals surface area (Å²) in [5.74, 6) is 0.614. The quantitative estimate of drug-likeness (QED) is 0.179. The summed E-state index contributed by atoms with van der Waals surface area (Å²) in [5.41, 5.74) is 4.14. The van der Waals surface area contributed by atoms with Gasteiger partial charge in [-0.2, -0.15) is 0 Å². The molecule has 0 aliphatic carbocycles. The van der Waals surface area contributed by atoms with Crippen LogP contribution in [0, 0.1) is 0 Å². The molecule has 0 aliphatic heterocycles. The molecule has 0 saturated heterocycles. The first-order valence-corrected chi connectivity index (χ1v) is 14.7. The van der Waals surface area contributed by atoms with Crippen LogP contribution in [0.25, 0.3) is 0 Å². The predicted molar refractivity (Wildman–Crippen MR) is 154 cm³/mol. The summed E-state index contributed by atoms with van der Waals surface area (Å²) >= 11 is 0. The molecule has 0 amide bonds. The fourth-order valence-corrected chi connectivity index (χ4v) is 4.87. The van der Waals surface area contributed by atoms with Gasteiger partial charge in [-0.25, -0.2) is 8.42 Å². The van der Waals surface area contributed by atoms with Crippen molar-refractivity contribution in [2.24, 2.45) is 0 Å². The average molecular weight is 547 g/mol. The molecule has 204 valence electrons. The van der Waals surface area contributed by atoms with E-state index in [-0.39, 0.29) is 23.9 Å². The second-order valence-corrected chi connectivity index (χ2v) is 11.3. The summed E-state index contributed by atoms with van der Waals surface area (Å²) in [7, 11) is -3.54. The van der Waals surface area contributed by atoms with Gasteiger partial charge in [0.15, 0.2) is 0 Å². The number of benzene rings is 4. The Balaban J connectivity index is 1.41. The minimum Gasteiger partial charge on any atom is -0.506 e. The van der Waals surface area contributed by atoms with Gasteiger partial charge >= 0.3 is 0 Å². The number of ether oxygens (including phenoxy) is 1. The molecule has 0 bridgehead atoms. The van der Waals surface area contributed by atoms with Gasteiger partial charge in [0, 0.05) is 12.6 Å². The monoisotopic (exact) mass is 546 g/mol. The van der Waals surface area contributed by atoms with Crippen LogP contribution in [0.5, 0.6) is 11.5 Å². The van der Waals surface area contributed by atoms with Gasteiger partial charge in [-0.1, -0.05) is 78.9 Å². The van der Waals surface area contributed by atoms with E-state index in [0.717, 1.165) is 29.6 Å². The molecule has 2 atom stereocenters. The minimum absolute atomic E-state index is 0.0486. The first kappa shape index (κ1) is 28.2. The number of aliphatic hydroxyl groups is 1. The maximum atomic E-state index is 11.6. The SMILES string of the molecule is CS(=O)(=O)Nc1cc(C[C@H](O)CNC(Cc2ccccc2)c2ccc(OCc3ccccc3)cc2)ccc1O. The number of nitrogens with one attached hydrogen (secondary N) is 2. The molecule has 0 aliphatic rings. The lowest BCUT2D eigenvalue weighted by atomic mass is 9.98. The second-order valence-electron chi connectivity index (χ2n) is 9.58. The number of sulfonamides is 1. The molecule has 1 unspecified atom stereocenters. The summed E-state index contributed by atoms with van der Waals surface area (Å²) < 4.78 is 31.4. The molecule has 4 aromatic carbocycles. The van der Waals surface area contributed by atoms with Crippen molar-refractivity contribution in [1.29, 1.82) is 0 Å². The van der Waals surface area contributed by atoms with E-state index in [9.17, 15) is 18.6 Å². The number of aromatic hydroxyl groups is 1. The number of aliphatic hydroxyl groups excluding tert-OH is 1. The smallest absolute Gasteiger partial charge is 0.229 e. The molecule has 4 rings (SSSR count). The van der Waals surface area contributed by atoms with E-state index < -0.39 is 16.1 Å². The lowest BCUT2D eigenvalue weighted by molar-refractivity contribution is 0.167. The summed E-state index contributed by atoms with van der Waals surface area (Å²) in [4.78, 5) is 0. The maximum Gasteiger partial charge on any atom is 0.229 e. The Labute approximate surface area is 230 Å². The lowest BCUT2D eigenvalue weighted by Gasteiger charge is -2.22. The highest BCUT2D eigenvalue weighted by Gasteiger charge is 2.16. The largest absolute Gasteiger partial charge is 0.506 e. The van der Waals surface area contributed by atoms with Gasteiger partial charge in [0.05, 0.1) is 18.0 Å². The third kappa shape index (κ3) is 9.14. The van der Waals surface area contributed by atoms with Crippen LogP contribution in [0.2, 0.25) is 0 Å². The van der Waals surface area contributed by atoms with E-state index in [4.69, 9.17) is 4.74 Å². The van der Waals surface area contributed by atoms with Crippen LogP contribution in [0.1, 0.15) is 28.3 Å². The van der Waals surface area contributed by atoms with Crippen LogP contribution in [-0.2, 0) is 29.5 Å². The third-order valence-electron chi connectivity index (χ3n) is 6.24. The van der Waals surface area contributed by atoms with Gasteiger partial charge in [0.25, 0.3) is 0 Å². The molecule has 0 aromatic heterocycles. The highest BCUT2D eigenvalue weighted by molar-refractivity contribution is 7.92. The fraction of sp³-hybridized carbons (Fsp3) is 0.226. The molecule has 0 spiro atoms. The molecular weight excluding hydrogens is 512 g/mol. The zero-order valence-electron chi connectivity index (χ0n) is 21.8. The van der Waals surface area contributed by atoms with E-state index in [1.54, 1.807) is 6.07 Å². The molecule has 0 heterocycles. The van der Waals surface area contributed by atoms with Crippen LogP contribution >= 0.6 is 0 Å². The molecule has 8 heteroatoms. The first-order chi connectivity index (χ1) is 18.7. The number of hydrogen-bond donors (Lipinski definition) is 4. The molecule has 0 saturated carbocycles. The van der Waals surface area contributed by atoms with E-state index in [1.807, 2.05) is 72.8 Å². The fourth-order valence-electron chi connectivity index (χ4n) is 4.31. The Hall–Kier alpha value is -3.85. The molecule has 4 N–H and O–H groups in total. The molecule has 0 fully saturated rings. The highest BCUT2D eigenvalue weighted by atomic mass is 32.2. The van der Waals surface area contributed by atoms with Crippen LogP contribution in [0.15, 0.2) is 103 Å². The van der Waals surface area contributed by atoms with Gasteiger partial charge in [-0.3, -0.25) is 4.72 Å². The van der Waals surface area contributed by atoms with E-state index in [0.29, 0.717) is 18.7 Å². The predicted octanol–water partition coefficient (Wildman–Crippen LogP) is 4.82. The van der Waals surface area contributed by atoms with Crippen molar-refractivity contribution in [3.8, 4) is 11.5 Å². The van der Waals surface area contributed by atoms with Gasteiger partial charge < -0.3 is 20.3 Å². The summed E-state index contributed by atoms with van der Waals surface area (Å²) in [6.45, 7) is 0.816. The van der Waals surface area contributed by atoms with Crippen molar-refractivity contribution < 1.29 is 23.4 Å². The molecule has 39 heavy (non-hydrogen) atoms. The number of hydrogen-bond acceptors (Lipinski definition) is 6. The number of rotatable bonds is 13. The Bertz CT molecular complexity index is 1430. The Kier molecular flexibility index (Phi) is 9.59. The minimum atomic E-state index is -3.54. The van der Waals surface area contributed by atoms with Crippen molar-refractivity contribution in [2.45, 2.75) is 31.6 Å². The summed E-state index contributed by atoms with van der Waals surface area (Å²) in [5, 5.41) is 24.3. The zero-order valence-corrected chi connectivity index (χ0v) is 22.6. The average Bonchev–Trinajstić information content (AvgIpc) is 2.92. The molecule has 0 radical (unpaired) electrons. The topological polar surface area (TPSA) is 108 Å². The summed E-state index contributed by atoms with van der Waals surface area (Å²) in [6.07, 6.45) is 1.31. The van der Waals surface area contributed by atoms with Crippen molar-refractivity contribution in [1.82, 2.24) is 5.32 Å². The van der Waals surface area contributed by atoms with E-state index in [1.165, 1.54) is 17.7 Å². The van der Waals surface area contributed by atoms with E-state index in [2.05, 4.69) is 22.2 Å². The standard InChI is InChI=1S/C31H34N2O5S/c1-39(36,37)33-30-20-25(12-17-31(30)35)18-27(34)21-32-29(19-23-8-4-2-5-9-23)26-13-15-28(16-14-26)38-22-24-10-6-3-7-11-24/h2-17,20,27,29,32-35H,18-19,21-22H2,1H3/t27-,29?/m0/s1. The number of phenols is 1. The van der Waals surface area contributed by atoms with Crippen molar-refractivity contribution >= 4 is 15.7 Å². The normalized spacial score (nSPS) is 13.0.